The lowest BCUT2D eigenvalue weighted by molar-refractivity contribution is -0.115. The molecule has 0 saturated carbocycles. The lowest BCUT2D eigenvalue weighted by Gasteiger charge is -2.13. The monoisotopic (exact) mass is 304 g/mol. The molecule has 0 aliphatic rings. The highest BCUT2D eigenvalue weighted by Crippen LogP contribution is 2.28. The summed E-state index contributed by atoms with van der Waals surface area (Å²) in [5, 5.41) is 5.89. The molecule has 118 valence electrons. The molecule has 2 aromatic rings. The normalized spacial score (nSPS) is 11.8. The van der Waals surface area contributed by atoms with Crippen molar-refractivity contribution in [2.24, 2.45) is 0 Å². The Morgan fingerprint density at radius 3 is 2.73 bits per heavy atom. The van der Waals surface area contributed by atoms with E-state index in [-0.39, 0.29) is 18.5 Å². The Hall–Kier alpha value is -2.47. The molecular formula is C16H20N2O4. The molecule has 6 heteroatoms. The maximum atomic E-state index is 12.0. The zero-order valence-corrected chi connectivity index (χ0v) is 12.9. The first-order valence-electron chi connectivity index (χ1n) is 6.92. The molecule has 2 rings (SSSR count). The number of benzene rings is 1. The Bertz CT molecular complexity index is 611. The van der Waals surface area contributed by atoms with Crippen LogP contribution >= 0.6 is 0 Å². The fraction of sp³-hybridized carbons (Fsp3) is 0.312. The fourth-order valence-corrected chi connectivity index (χ4v) is 1.98. The summed E-state index contributed by atoms with van der Waals surface area (Å²) in [4.78, 5) is 12.0. The summed E-state index contributed by atoms with van der Waals surface area (Å²) in [6, 6.07) is 8.85. The summed E-state index contributed by atoms with van der Waals surface area (Å²) < 4.78 is 15.6. The number of ether oxygens (including phenoxy) is 2. The van der Waals surface area contributed by atoms with Gasteiger partial charge in [-0.1, -0.05) is 0 Å². The van der Waals surface area contributed by atoms with Crippen molar-refractivity contribution in [1.82, 2.24) is 5.32 Å². The summed E-state index contributed by atoms with van der Waals surface area (Å²) in [5.41, 5.74) is 0.598. The van der Waals surface area contributed by atoms with Crippen LogP contribution in [-0.2, 0) is 4.79 Å². The van der Waals surface area contributed by atoms with Gasteiger partial charge < -0.3 is 19.2 Å². The van der Waals surface area contributed by atoms with Crippen molar-refractivity contribution in [3.63, 3.8) is 0 Å². The summed E-state index contributed by atoms with van der Waals surface area (Å²) in [7, 11) is 3.12. The predicted octanol–water partition coefficient (Wildman–Crippen LogP) is 2.59. The second kappa shape index (κ2) is 7.51. The number of carbonyl (C=O) groups excluding carboxylic acids is 1. The molecule has 6 nitrogen and oxygen atoms in total. The number of furan rings is 1. The molecular weight excluding hydrogens is 284 g/mol. The predicted molar refractivity (Wildman–Crippen MR) is 83.3 cm³/mol. The molecule has 0 aliphatic carbocycles. The maximum Gasteiger partial charge on any atom is 0.238 e. The van der Waals surface area contributed by atoms with Crippen molar-refractivity contribution in [2.45, 2.75) is 13.0 Å². The molecule has 22 heavy (non-hydrogen) atoms. The van der Waals surface area contributed by atoms with Crippen LogP contribution in [0.5, 0.6) is 11.5 Å². The maximum absolute atomic E-state index is 12.0. The minimum absolute atomic E-state index is 0.0430. The van der Waals surface area contributed by atoms with E-state index in [0.717, 1.165) is 5.76 Å². The van der Waals surface area contributed by atoms with Gasteiger partial charge in [0.25, 0.3) is 0 Å². The number of amides is 1. The first-order chi connectivity index (χ1) is 10.6. The van der Waals surface area contributed by atoms with Gasteiger partial charge in [0, 0.05) is 6.07 Å². The van der Waals surface area contributed by atoms with Crippen LogP contribution in [0.4, 0.5) is 5.69 Å². The Balaban J connectivity index is 1.92. The lowest BCUT2D eigenvalue weighted by Crippen LogP contribution is -2.30. The molecule has 0 aliphatic heterocycles. The molecule has 0 unspecified atom stereocenters. The van der Waals surface area contributed by atoms with Crippen molar-refractivity contribution >= 4 is 11.6 Å². The molecule has 0 fully saturated rings. The number of methoxy groups -OCH3 is 2. The Kier molecular flexibility index (Phi) is 5.43. The van der Waals surface area contributed by atoms with Crippen molar-refractivity contribution in [1.29, 1.82) is 0 Å². The first kappa shape index (κ1) is 15.9. The van der Waals surface area contributed by atoms with Gasteiger partial charge in [0.2, 0.25) is 5.91 Å². The van der Waals surface area contributed by atoms with E-state index >= 15 is 0 Å². The number of carbonyl (C=O) groups is 1. The summed E-state index contributed by atoms with van der Waals surface area (Å²) in [6.45, 7) is 2.09. The standard InChI is InChI=1S/C16H20N2O4/c1-11(14-5-4-8-22-14)17-10-16(19)18-13-7-6-12(20-2)9-15(13)21-3/h4-9,11,17H,10H2,1-3H3,(H,18,19)/t11-/m1/s1. The highest BCUT2D eigenvalue weighted by atomic mass is 16.5. The van der Waals surface area contributed by atoms with Crippen molar-refractivity contribution in [3.8, 4) is 11.5 Å². The Labute approximate surface area is 129 Å². The van der Waals surface area contributed by atoms with Crippen LogP contribution in [0.2, 0.25) is 0 Å². The average Bonchev–Trinajstić information content (AvgIpc) is 3.07. The van der Waals surface area contributed by atoms with E-state index < -0.39 is 0 Å². The van der Waals surface area contributed by atoms with Gasteiger partial charge in [-0.2, -0.15) is 0 Å². The van der Waals surface area contributed by atoms with E-state index in [1.54, 1.807) is 38.7 Å². The lowest BCUT2D eigenvalue weighted by atomic mass is 10.2. The Morgan fingerprint density at radius 2 is 2.09 bits per heavy atom. The number of hydrogen-bond donors (Lipinski definition) is 2. The van der Waals surface area contributed by atoms with Crippen LogP contribution in [-0.4, -0.2) is 26.7 Å². The van der Waals surface area contributed by atoms with Gasteiger partial charge in [0.1, 0.15) is 17.3 Å². The molecule has 0 spiro atoms. The van der Waals surface area contributed by atoms with Crippen molar-refractivity contribution < 1.29 is 18.7 Å². The molecule has 0 radical (unpaired) electrons. The smallest absolute Gasteiger partial charge is 0.238 e. The third kappa shape index (κ3) is 4.02. The summed E-state index contributed by atoms with van der Waals surface area (Å²) >= 11 is 0. The van der Waals surface area contributed by atoms with Gasteiger partial charge in [0.05, 0.1) is 38.8 Å². The summed E-state index contributed by atoms with van der Waals surface area (Å²) in [6.07, 6.45) is 1.61. The quantitative estimate of drug-likeness (QED) is 0.822. The highest BCUT2D eigenvalue weighted by molar-refractivity contribution is 5.93. The zero-order valence-electron chi connectivity index (χ0n) is 12.9. The topological polar surface area (TPSA) is 72.7 Å². The van der Waals surface area contributed by atoms with Crippen LogP contribution in [0.3, 0.4) is 0 Å². The second-order valence-corrected chi connectivity index (χ2v) is 4.73. The van der Waals surface area contributed by atoms with Gasteiger partial charge in [0.15, 0.2) is 0 Å². The second-order valence-electron chi connectivity index (χ2n) is 4.73. The van der Waals surface area contributed by atoms with E-state index in [1.807, 2.05) is 19.1 Å². The van der Waals surface area contributed by atoms with Crippen LogP contribution < -0.4 is 20.1 Å². The minimum Gasteiger partial charge on any atom is -0.497 e. The molecule has 1 aromatic carbocycles. The molecule has 1 aromatic heterocycles. The number of anilines is 1. The van der Waals surface area contributed by atoms with Gasteiger partial charge in [-0.15, -0.1) is 0 Å². The largest absolute Gasteiger partial charge is 0.497 e. The van der Waals surface area contributed by atoms with Gasteiger partial charge >= 0.3 is 0 Å². The molecule has 2 N–H and O–H groups in total. The molecule has 1 amide bonds. The SMILES string of the molecule is COc1ccc(NC(=O)CN[C@H](C)c2ccco2)c(OC)c1. The average molecular weight is 304 g/mol. The molecule has 0 bridgehead atoms. The fourth-order valence-electron chi connectivity index (χ4n) is 1.98. The third-order valence-corrected chi connectivity index (χ3v) is 3.22. The van der Waals surface area contributed by atoms with Crippen LogP contribution in [0, 0.1) is 0 Å². The summed E-state index contributed by atoms with van der Waals surface area (Å²) in [5.74, 6) is 1.84. The highest BCUT2D eigenvalue weighted by Gasteiger charge is 2.12. The van der Waals surface area contributed by atoms with E-state index in [2.05, 4.69) is 10.6 Å². The van der Waals surface area contributed by atoms with Gasteiger partial charge in [-0.05, 0) is 31.2 Å². The van der Waals surface area contributed by atoms with E-state index in [1.165, 1.54) is 0 Å². The van der Waals surface area contributed by atoms with Crippen molar-refractivity contribution in [2.75, 3.05) is 26.1 Å². The van der Waals surface area contributed by atoms with Crippen LogP contribution in [0.1, 0.15) is 18.7 Å². The number of nitrogens with one attached hydrogen (secondary N) is 2. The first-order valence-corrected chi connectivity index (χ1v) is 6.92. The van der Waals surface area contributed by atoms with Gasteiger partial charge in [-0.25, -0.2) is 0 Å². The van der Waals surface area contributed by atoms with Gasteiger partial charge in [-0.3, -0.25) is 10.1 Å². The van der Waals surface area contributed by atoms with Crippen LogP contribution in [0.25, 0.3) is 0 Å². The number of hydrogen-bond acceptors (Lipinski definition) is 5. The molecule has 1 heterocycles. The van der Waals surface area contributed by atoms with E-state index in [4.69, 9.17) is 13.9 Å². The van der Waals surface area contributed by atoms with E-state index in [0.29, 0.717) is 17.2 Å². The molecule has 1 atom stereocenters. The molecule has 0 saturated heterocycles. The Morgan fingerprint density at radius 1 is 1.27 bits per heavy atom. The third-order valence-electron chi connectivity index (χ3n) is 3.22. The minimum atomic E-state index is -0.165. The zero-order chi connectivity index (χ0) is 15.9. The van der Waals surface area contributed by atoms with Crippen LogP contribution in [0.15, 0.2) is 41.0 Å². The van der Waals surface area contributed by atoms with E-state index in [9.17, 15) is 4.79 Å². The number of rotatable bonds is 7. The van der Waals surface area contributed by atoms with Crippen molar-refractivity contribution in [3.05, 3.63) is 42.4 Å².